The van der Waals surface area contributed by atoms with E-state index in [4.69, 9.17) is 14.2 Å². The second kappa shape index (κ2) is 10.6. The fraction of sp³-hybridized carbons (Fsp3) is 0.250. The molecule has 3 aromatic rings. The maximum atomic E-state index is 13.7. The highest BCUT2D eigenvalue weighted by atomic mass is 16.5. The summed E-state index contributed by atoms with van der Waals surface area (Å²) in [7, 11) is 0. The van der Waals surface area contributed by atoms with Crippen LogP contribution in [0.5, 0.6) is 11.5 Å². The Bertz CT molecular complexity index is 1470. The van der Waals surface area contributed by atoms with Crippen molar-refractivity contribution in [2.45, 2.75) is 40.2 Å². The van der Waals surface area contributed by atoms with Crippen LogP contribution < -0.4 is 14.8 Å². The summed E-state index contributed by atoms with van der Waals surface area (Å²) in [6, 6.07) is 21.3. The number of rotatable bonds is 8. The van der Waals surface area contributed by atoms with Gasteiger partial charge in [0, 0.05) is 28.3 Å². The van der Waals surface area contributed by atoms with E-state index in [1.165, 1.54) is 5.56 Å². The third-order valence-electron chi connectivity index (χ3n) is 6.86. The van der Waals surface area contributed by atoms with E-state index in [-0.39, 0.29) is 12.4 Å². The Balaban J connectivity index is 1.57. The molecule has 0 amide bonds. The molecule has 0 spiro atoms. The van der Waals surface area contributed by atoms with Gasteiger partial charge in [-0.05, 0) is 51.0 Å². The molecule has 1 aliphatic heterocycles. The molecule has 0 fully saturated rings. The van der Waals surface area contributed by atoms with Gasteiger partial charge in [0.15, 0.2) is 17.3 Å². The molecule has 6 nitrogen and oxygen atoms in total. The van der Waals surface area contributed by atoms with Crippen molar-refractivity contribution in [1.29, 1.82) is 0 Å². The summed E-state index contributed by atoms with van der Waals surface area (Å²) < 4.78 is 17.5. The fourth-order valence-electron chi connectivity index (χ4n) is 5.08. The van der Waals surface area contributed by atoms with Crippen LogP contribution >= 0.6 is 0 Å². The number of ether oxygens (including phenoxy) is 3. The Kier molecular flexibility index (Phi) is 7.05. The van der Waals surface area contributed by atoms with Gasteiger partial charge in [0.05, 0.1) is 24.5 Å². The molecule has 2 aliphatic rings. The van der Waals surface area contributed by atoms with E-state index in [2.05, 4.69) is 17.4 Å². The molecule has 3 aromatic carbocycles. The second-order valence-electron chi connectivity index (χ2n) is 9.39. The Morgan fingerprint density at radius 3 is 2.32 bits per heavy atom. The summed E-state index contributed by atoms with van der Waals surface area (Å²) in [4.78, 5) is 26.9. The lowest BCUT2D eigenvalue weighted by atomic mass is 9.79. The molecule has 0 aromatic heterocycles. The van der Waals surface area contributed by atoms with Gasteiger partial charge in [-0.2, -0.15) is 0 Å². The van der Waals surface area contributed by atoms with Crippen LogP contribution in [0.4, 0.5) is 0 Å². The predicted molar refractivity (Wildman–Crippen MR) is 146 cm³/mol. The highest BCUT2D eigenvalue weighted by Gasteiger charge is 2.43. The zero-order chi connectivity index (χ0) is 26.8. The van der Waals surface area contributed by atoms with Crippen molar-refractivity contribution in [2.75, 3.05) is 13.2 Å². The first kappa shape index (κ1) is 25.3. The van der Waals surface area contributed by atoms with Crippen molar-refractivity contribution in [3.63, 3.8) is 0 Å². The van der Waals surface area contributed by atoms with Gasteiger partial charge in [-0.1, -0.05) is 60.2 Å². The largest absolute Gasteiger partial charge is 0.490 e. The van der Waals surface area contributed by atoms with Gasteiger partial charge in [0.1, 0.15) is 6.61 Å². The normalized spacial score (nSPS) is 16.1. The standard InChI is InChI=1S/C32H31NO5/c1-5-36-26-17-22(15-16-25(26)38-18-21-13-11-19(3)12-14-21)28-27(32(35)37-6-2)20(4)33-30-23-9-7-8-10-24(23)31(34)29(28)30/h7-17,28,33H,5-6,18H2,1-4H3/t28-/m1/s1. The first-order valence-corrected chi connectivity index (χ1v) is 12.9. The van der Waals surface area contributed by atoms with E-state index in [0.29, 0.717) is 47.1 Å². The van der Waals surface area contributed by atoms with Gasteiger partial charge in [-0.25, -0.2) is 4.79 Å². The van der Waals surface area contributed by atoms with Gasteiger partial charge in [-0.15, -0.1) is 0 Å². The van der Waals surface area contributed by atoms with E-state index in [0.717, 1.165) is 22.4 Å². The smallest absolute Gasteiger partial charge is 0.336 e. The van der Waals surface area contributed by atoms with Gasteiger partial charge in [0.25, 0.3) is 0 Å². The van der Waals surface area contributed by atoms with Crippen molar-refractivity contribution in [2.24, 2.45) is 0 Å². The van der Waals surface area contributed by atoms with Crippen LogP contribution in [0.2, 0.25) is 0 Å². The van der Waals surface area contributed by atoms with Gasteiger partial charge in [-0.3, -0.25) is 4.79 Å². The number of benzene rings is 3. The first-order valence-electron chi connectivity index (χ1n) is 12.9. The number of nitrogens with one attached hydrogen (secondary N) is 1. The number of carbonyl (C=O) groups excluding carboxylic acids is 2. The summed E-state index contributed by atoms with van der Waals surface area (Å²) in [5, 5.41) is 3.33. The number of hydrogen-bond acceptors (Lipinski definition) is 6. The predicted octanol–water partition coefficient (Wildman–Crippen LogP) is 6.10. The molecule has 1 N–H and O–H groups in total. The van der Waals surface area contributed by atoms with Crippen molar-refractivity contribution in [1.82, 2.24) is 5.32 Å². The number of carbonyl (C=O) groups is 2. The molecule has 0 bridgehead atoms. The van der Waals surface area contributed by atoms with Crippen LogP contribution in [0.25, 0.3) is 5.70 Å². The Morgan fingerprint density at radius 1 is 0.868 bits per heavy atom. The van der Waals surface area contributed by atoms with E-state index < -0.39 is 11.9 Å². The molecular formula is C32H31NO5. The number of dihydropyridines is 1. The topological polar surface area (TPSA) is 73.9 Å². The summed E-state index contributed by atoms with van der Waals surface area (Å²) in [6.07, 6.45) is 0. The number of ketones is 1. The minimum Gasteiger partial charge on any atom is -0.490 e. The first-order chi connectivity index (χ1) is 18.4. The monoisotopic (exact) mass is 509 g/mol. The number of aryl methyl sites for hydroxylation is 1. The average molecular weight is 510 g/mol. The summed E-state index contributed by atoms with van der Waals surface area (Å²) in [5.41, 5.74) is 6.81. The molecule has 194 valence electrons. The summed E-state index contributed by atoms with van der Waals surface area (Å²) >= 11 is 0. The fourth-order valence-corrected chi connectivity index (χ4v) is 5.08. The third-order valence-corrected chi connectivity index (χ3v) is 6.86. The van der Waals surface area contributed by atoms with Crippen molar-refractivity contribution in [3.8, 4) is 11.5 Å². The number of fused-ring (bicyclic) bond motifs is 2. The molecular weight excluding hydrogens is 478 g/mol. The lowest BCUT2D eigenvalue weighted by molar-refractivity contribution is -0.138. The number of esters is 1. The van der Waals surface area contributed by atoms with E-state index in [1.807, 2.05) is 75.4 Å². The summed E-state index contributed by atoms with van der Waals surface area (Å²) in [5.74, 6) is -0.00794. The highest BCUT2D eigenvalue weighted by molar-refractivity contribution is 6.23. The minimum atomic E-state index is -0.615. The molecule has 1 aliphatic carbocycles. The zero-order valence-corrected chi connectivity index (χ0v) is 22.1. The van der Waals surface area contributed by atoms with Gasteiger partial charge in [0.2, 0.25) is 0 Å². The van der Waals surface area contributed by atoms with E-state index in [1.54, 1.807) is 6.92 Å². The Morgan fingerprint density at radius 2 is 1.61 bits per heavy atom. The minimum absolute atomic E-state index is 0.0972. The average Bonchev–Trinajstić information content (AvgIpc) is 3.19. The van der Waals surface area contributed by atoms with Crippen molar-refractivity contribution in [3.05, 3.63) is 111 Å². The number of allylic oxidation sites excluding steroid dienone is 2. The van der Waals surface area contributed by atoms with Crippen molar-refractivity contribution < 1.29 is 23.8 Å². The molecule has 0 radical (unpaired) electrons. The lowest BCUT2D eigenvalue weighted by Gasteiger charge is -2.29. The Hall–Kier alpha value is -4.32. The molecule has 1 atom stereocenters. The molecule has 0 unspecified atom stereocenters. The molecule has 0 saturated heterocycles. The van der Waals surface area contributed by atoms with Crippen LogP contribution in [0.3, 0.4) is 0 Å². The maximum Gasteiger partial charge on any atom is 0.336 e. The number of hydrogen-bond donors (Lipinski definition) is 1. The van der Waals surface area contributed by atoms with Crippen LogP contribution in [-0.2, 0) is 16.1 Å². The lowest BCUT2D eigenvalue weighted by Crippen LogP contribution is -2.29. The molecule has 38 heavy (non-hydrogen) atoms. The van der Waals surface area contributed by atoms with Crippen LogP contribution in [0, 0.1) is 6.92 Å². The zero-order valence-electron chi connectivity index (χ0n) is 22.1. The quantitative estimate of drug-likeness (QED) is 0.370. The molecule has 6 heteroatoms. The molecule has 0 saturated carbocycles. The summed E-state index contributed by atoms with van der Waals surface area (Å²) in [6.45, 7) is 8.64. The number of Topliss-reactive ketones (excluding diaryl/α,β-unsaturated/α-hetero) is 1. The SMILES string of the molecule is CCOC(=O)C1=C(C)NC2=C(C(=O)c3ccccc32)[C@@H]1c1ccc(OCc2ccc(C)cc2)c(OCC)c1. The molecule has 5 rings (SSSR count). The van der Waals surface area contributed by atoms with Crippen LogP contribution in [0.15, 0.2) is 83.6 Å². The maximum absolute atomic E-state index is 13.7. The second-order valence-corrected chi connectivity index (χ2v) is 9.39. The van der Waals surface area contributed by atoms with Crippen LogP contribution in [0.1, 0.15) is 59.3 Å². The van der Waals surface area contributed by atoms with E-state index in [9.17, 15) is 9.59 Å². The van der Waals surface area contributed by atoms with E-state index >= 15 is 0 Å². The van der Waals surface area contributed by atoms with Gasteiger partial charge < -0.3 is 19.5 Å². The van der Waals surface area contributed by atoms with Gasteiger partial charge >= 0.3 is 5.97 Å². The van der Waals surface area contributed by atoms with Crippen LogP contribution in [-0.4, -0.2) is 25.0 Å². The highest BCUT2D eigenvalue weighted by Crippen LogP contribution is 2.48. The third kappa shape index (κ3) is 4.58. The Labute approximate surface area is 222 Å². The molecule has 1 heterocycles. The van der Waals surface area contributed by atoms with Crippen molar-refractivity contribution >= 4 is 17.4 Å².